The summed E-state index contributed by atoms with van der Waals surface area (Å²) in [4.78, 5) is 16.7. The van der Waals surface area contributed by atoms with Gasteiger partial charge in [0.15, 0.2) is 11.9 Å². The van der Waals surface area contributed by atoms with Gasteiger partial charge in [-0.1, -0.05) is 24.3 Å². The van der Waals surface area contributed by atoms with Crippen LogP contribution in [-0.4, -0.2) is 39.6 Å². The molecule has 1 aromatic carbocycles. The summed E-state index contributed by atoms with van der Waals surface area (Å²) < 4.78 is 25.1. The fourth-order valence-electron chi connectivity index (χ4n) is 3.08. The van der Waals surface area contributed by atoms with Crippen molar-refractivity contribution < 1.29 is 23.6 Å². The molecule has 1 fully saturated rings. The first-order valence-corrected chi connectivity index (χ1v) is 10.1. The fraction of sp³-hybridized carbons (Fsp3) is 0.545. The molecule has 1 aliphatic rings. The smallest absolute Gasteiger partial charge is 0.429 e. The van der Waals surface area contributed by atoms with E-state index in [-0.39, 0.29) is 0 Å². The Hall–Kier alpha value is -2.32. The maximum atomic E-state index is 12.3. The lowest BCUT2D eigenvalue weighted by molar-refractivity contribution is -0.0218. The lowest BCUT2D eigenvalue weighted by Gasteiger charge is -2.32. The predicted octanol–water partition coefficient (Wildman–Crippen LogP) is 3.76. The summed E-state index contributed by atoms with van der Waals surface area (Å²) in [6.45, 7) is 13.5. The third-order valence-electron chi connectivity index (χ3n) is 5.46. The Kier molecular flexibility index (Phi) is 5.77. The first-order valence-electron chi connectivity index (χ1n) is 10.1. The van der Waals surface area contributed by atoms with Crippen LogP contribution in [0.2, 0.25) is 0 Å². The number of nitrogens with zero attached hydrogens (tertiary/aromatic N) is 2. The summed E-state index contributed by atoms with van der Waals surface area (Å²) in [5, 5.41) is 0. The van der Waals surface area contributed by atoms with Crippen LogP contribution in [0.5, 0.6) is 0 Å². The van der Waals surface area contributed by atoms with E-state index in [1.165, 1.54) is 0 Å². The van der Waals surface area contributed by atoms with E-state index in [0.29, 0.717) is 5.82 Å². The molecule has 7 nitrogen and oxygen atoms in total. The van der Waals surface area contributed by atoms with Crippen molar-refractivity contribution in [3.05, 3.63) is 48.0 Å². The molecule has 2 aromatic rings. The first-order chi connectivity index (χ1) is 13.8. The molecule has 1 aromatic heterocycles. The van der Waals surface area contributed by atoms with Crippen molar-refractivity contribution >= 4 is 18.7 Å². The minimum absolute atomic E-state index is 0.411. The van der Waals surface area contributed by atoms with Gasteiger partial charge < -0.3 is 23.3 Å². The second-order valence-electron chi connectivity index (χ2n) is 9.61. The highest BCUT2D eigenvalue weighted by molar-refractivity contribution is 6.62. The van der Waals surface area contributed by atoms with Crippen molar-refractivity contribution in [2.45, 2.75) is 71.4 Å². The average Bonchev–Trinajstić information content (AvgIpc) is 3.11. The van der Waals surface area contributed by atoms with Crippen molar-refractivity contribution in [1.82, 2.24) is 9.55 Å². The van der Waals surface area contributed by atoms with Gasteiger partial charge in [-0.05, 0) is 53.9 Å². The lowest BCUT2D eigenvalue weighted by atomic mass is 9.78. The van der Waals surface area contributed by atoms with Gasteiger partial charge in [0.05, 0.1) is 11.2 Å². The van der Waals surface area contributed by atoms with E-state index in [1.807, 2.05) is 63.6 Å². The van der Waals surface area contributed by atoms with Crippen LogP contribution in [0.25, 0.3) is 0 Å². The molecule has 2 heterocycles. The lowest BCUT2D eigenvalue weighted by Crippen LogP contribution is -2.41. The van der Waals surface area contributed by atoms with Gasteiger partial charge in [0.1, 0.15) is 5.60 Å². The largest absolute Gasteiger partial charge is 0.509 e. The van der Waals surface area contributed by atoms with E-state index in [0.717, 1.165) is 11.0 Å². The van der Waals surface area contributed by atoms with Crippen LogP contribution in [0.15, 0.2) is 36.7 Å². The van der Waals surface area contributed by atoms with Gasteiger partial charge in [-0.3, -0.25) is 0 Å². The Bertz CT molecular complexity index is 883. The molecule has 0 bridgehead atoms. The highest BCUT2D eigenvalue weighted by Gasteiger charge is 2.51. The zero-order valence-corrected chi connectivity index (χ0v) is 19.1. The van der Waals surface area contributed by atoms with Crippen molar-refractivity contribution in [1.29, 1.82) is 0 Å². The summed E-state index contributed by atoms with van der Waals surface area (Å²) in [6.07, 6.45) is 2.02. The average molecular weight is 414 g/mol. The number of aryl methyl sites for hydroxylation is 1. The molecule has 0 N–H and O–H groups in total. The number of carbonyl (C=O) groups is 1. The van der Waals surface area contributed by atoms with Gasteiger partial charge >= 0.3 is 13.3 Å². The van der Waals surface area contributed by atoms with Gasteiger partial charge in [0.2, 0.25) is 0 Å². The standard InChI is InChI=1S/C22H31BN2O5/c1-20(2,3)28-19(26)27-17(18-24-13-14-25(18)8)15-9-11-16(12-10-15)23-29-21(4,5)22(6,7)30-23/h9-14,17H,1-8H3/t17-/m1/s1. The maximum Gasteiger partial charge on any atom is 0.509 e. The van der Waals surface area contributed by atoms with E-state index in [1.54, 1.807) is 33.2 Å². The highest BCUT2D eigenvalue weighted by Crippen LogP contribution is 2.36. The van der Waals surface area contributed by atoms with Crippen LogP contribution in [0.1, 0.15) is 66.0 Å². The molecular formula is C22H31BN2O5. The number of aromatic nitrogens is 2. The normalized spacial score (nSPS) is 18.9. The monoisotopic (exact) mass is 414 g/mol. The SMILES string of the molecule is Cn1ccnc1[C@H](OC(=O)OC(C)(C)C)c1ccc(B2OC(C)(C)C(C)(C)O2)cc1. The quantitative estimate of drug-likeness (QED) is 0.561. The summed E-state index contributed by atoms with van der Waals surface area (Å²) in [5.74, 6) is 0.601. The third kappa shape index (κ3) is 4.70. The first kappa shape index (κ1) is 22.4. The van der Waals surface area contributed by atoms with Crippen molar-refractivity contribution in [2.75, 3.05) is 0 Å². The molecule has 1 aliphatic heterocycles. The molecule has 0 saturated carbocycles. The molecular weight excluding hydrogens is 383 g/mol. The van der Waals surface area contributed by atoms with Crippen molar-refractivity contribution in [3.8, 4) is 0 Å². The second kappa shape index (κ2) is 7.74. The summed E-state index contributed by atoms with van der Waals surface area (Å²) in [7, 11) is 1.40. The van der Waals surface area contributed by atoms with Gasteiger partial charge in [-0.15, -0.1) is 0 Å². The highest BCUT2D eigenvalue weighted by atomic mass is 16.7. The molecule has 0 unspecified atom stereocenters. The summed E-state index contributed by atoms with van der Waals surface area (Å²) >= 11 is 0. The zero-order chi connectivity index (χ0) is 22.3. The van der Waals surface area contributed by atoms with E-state index in [9.17, 15) is 4.79 Å². The molecule has 3 rings (SSSR count). The maximum absolute atomic E-state index is 12.3. The van der Waals surface area contributed by atoms with Crippen molar-refractivity contribution in [2.24, 2.45) is 7.05 Å². The number of carbonyl (C=O) groups excluding carboxylic acids is 1. The van der Waals surface area contributed by atoms with E-state index >= 15 is 0 Å². The van der Waals surface area contributed by atoms with Crippen LogP contribution >= 0.6 is 0 Å². The topological polar surface area (TPSA) is 71.8 Å². The molecule has 0 amide bonds. The number of imidazole rings is 1. The van der Waals surface area contributed by atoms with Crippen LogP contribution in [-0.2, 0) is 25.8 Å². The minimum Gasteiger partial charge on any atom is -0.429 e. The Morgan fingerprint density at radius 3 is 2.13 bits per heavy atom. The second-order valence-corrected chi connectivity index (χ2v) is 9.61. The van der Waals surface area contributed by atoms with Crippen LogP contribution in [0, 0.1) is 0 Å². The Labute approximate surface area is 178 Å². The molecule has 0 spiro atoms. The zero-order valence-electron chi connectivity index (χ0n) is 19.1. The summed E-state index contributed by atoms with van der Waals surface area (Å²) in [6, 6.07) is 7.63. The van der Waals surface area contributed by atoms with Gasteiger partial charge in [-0.25, -0.2) is 9.78 Å². The van der Waals surface area contributed by atoms with Crippen LogP contribution in [0.4, 0.5) is 4.79 Å². The molecule has 0 aliphatic carbocycles. The molecule has 0 radical (unpaired) electrons. The molecule has 1 saturated heterocycles. The Morgan fingerprint density at radius 2 is 1.67 bits per heavy atom. The van der Waals surface area contributed by atoms with E-state index in [2.05, 4.69) is 4.98 Å². The molecule has 8 heteroatoms. The van der Waals surface area contributed by atoms with Gasteiger partial charge in [0, 0.05) is 25.0 Å². The minimum atomic E-state index is -0.745. The van der Waals surface area contributed by atoms with Gasteiger partial charge in [0.25, 0.3) is 0 Å². The molecule has 1 atom stereocenters. The van der Waals surface area contributed by atoms with Gasteiger partial charge in [-0.2, -0.15) is 0 Å². The van der Waals surface area contributed by atoms with E-state index in [4.69, 9.17) is 18.8 Å². The fourth-order valence-corrected chi connectivity index (χ4v) is 3.08. The predicted molar refractivity (Wildman–Crippen MR) is 115 cm³/mol. The number of rotatable bonds is 4. The van der Waals surface area contributed by atoms with E-state index < -0.39 is 36.2 Å². The number of ether oxygens (including phenoxy) is 2. The van der Waals surface area contributed by atoms with Crippen LogP contribution in [0.3, 0.4) is 0 Å². The Balaban J connectivity index is 1.84. The van der Waals surface area contributed by atoms with Crippen LogP contribution < -0.4 is 5.46 Å². The van der Waals surface area contributed by atoms with Crippen molar-refractivity contribution in [3.63, 3.8) is 0 Å². The Morgan fingerprint density at radius 1 is 1.10 bits per heavy atom. The molecule has 162 valence electrons. The molecule has 30 heavy (non-hydrogen) atoms. The summed E-state index contributed by atoms with van der Waals surface area (Å²) in [5.41, 5.74) is 0.199. The third-order valence-corrected chi connectivity index (χ3v) is 5.46. The number of hydrogen-bond donors (Lipinski definition) is 0. The number of benzene rings is 1. The number of hydrogen-bond acceptors (Lipinski definition) is 6.